The Morgan fingerprint density at radius 1 is 1.04 bits per heavy atom. The SMILES string of the molecule is COc1cc(OC)c2c(=O)cc(-c3ccc(OCC(C)O)cc3)oc2c1. The Labute approximate surface area is 150 Å². The minimum atomic E-state index is -0.543. The van der Waals surface area contributed by atoms with Gasteiger partial charge in [0.25, 0.3) is 0 Å². The van der Waals surface area contributed by atoms with Gasteiger partial charge in [-0.2, -0.15) is 0 Å². The highest BCUT2D eigenvalue weighted by Gasteiger charge is 2.13. The third kappa shape index (κ3) is 3.65. The number of ether oxygens (including phenoxy) is 3. The number of aliphatic hydroxyl groups excluding tert-OH is 1. The quantitative estimate of drug-likeness (QED) is 0.731. The summed E-state index contributed by atoms with van der Waals surface area (Å²) in [6.45, 7) is 1.87. The fourth-order valence-corrected chi connectivity index (χ4v) is 2.58. The third-order valence-electron chi connectivity index (χ3n) is 3.85. The maximum atomic E-state index is 12.6. The first-order valence-corrected chi connectivity index (χ1v) is 8.13. The van der Waals surface area contributed by atoms with Crippen LogP contribution >= 0.6 is 0 Å². The lowest BCUT2D eigenvalue weighted by molar-refractivity contribution is 0.123. The smallest absolute Gasteiger partial charge is 0.197 e. The number of hydrogen-bond donors (Lipinski definition) is 1. The predicted molar refractivity (Wildman–Crippen MR) is 98.2 cm³/mol. The van der Waals surface area contributed by atoms with Crippen LogP contribution in [0.2, 0.25) is 0 Å². The summed E-state index contributed by atoms with van der Waals surface area (Å²) in [5.41, 5.74) is 0.920. The monoisotopic (exact) mass is 356 g/mol. The fraction of sp³-hybridized carbons (Fsp3) is 0.250. The Morgan fingerprint density at radius 2 is 1.77 bits per heavy atom. The molecule has 0 amide bonds. The molecular formula is C20H20O6. The number of fused-ring (bicyclic) bond motifs is 1. The van der Waals surface area contributed by atoms with Crippen molar-refractivity contribution in [2.24, 2.45) is 0 Å². The van der Waals surface area contributed by atoms with Crippen LogP contribution in [-0.2, 0) is 0 Å². The van der Waals surface area contributed by atoms with E-state index in [0.29, 0.717) is 34.0 Å². The minimum Gasteiger partial charge on any atom is -0.496 e. The summed E-state index contributed by atoms with van der Waals surface area (Å²) in [4.78, 5) is 12.6. The normalized spacial score (nSPS) is 12.0. The minimum absolute atomic E-state index is 0.199. The largest absolute Gasteiger partial charge is 0.496 e. The second-order valence-electron chi connectivity index (χ2n) is 5.86. The number of benzene rings is 2. The van der Waals surface area contributed by atoms with E-state index in [1.165, 1.54) is 20.3 Å². The van der Waals surface area contributed by atoms with Gasteiger partial charge in [-0.15, -0.1) is 0 Å². The molecule has 0 aliphatic heterocycles. The molecule has 2 aromatic carbocycles. The first kappa shape index (κ1) is 17.8. The van der Waals surface area contributed by atoms with Crippen LogP contribution in [0.1, 0.15) is 6.92 Å². The number of methoxy groups -OCH3 is 2. The first-order valence-electron chi connectivity index (χ1n) is 8.13. The standard InChI is InChI=1S/C20H20O6/c1-12(21)11-25-14-6-4-13(5-7-14)17-10-16(22)20-18(24-3)8-15(23-2)9-19(20)26-17/h4-10,12,21H,11H2,1-3H3. The van der Waals surface area contributed by atoms with E-state index in [0.717, 1.165) is 5.56 Å². The van der Waals surface area contributed by atoms with Crippen LogP contribution in [0.3, 0.4) is 0 Å². The van der Waals surface area contributed by atoms with Crippen LogP contribution in [0, 0.1) is 0 Å². The lowest BCUT2D eigenvalue weighted by Crippen LogP contribution is -2.12. The van der Waals surface area contributed by atoms with Gasteiger partial charge in [-0.05, 0) is 31.2 Å². The molecule has 1 aromatic heterocycles. The maximum Gasteiger partial charge on any atom is 0.197 e. The van der Waals surface area contributed by atoms with Crippen LogP contribution < -0.4 is 19.6 Å². The lowest BCUT2D eigenvalue weighted by Gasteiger charge is -2.10. The zero-order chi connectivity index (χ0) is 18.7. The van der Waals surface area contributed by atoms with Crippen molar-refractivity contribution in [1.82, 2.24) is 0 Å². The molecular weight excluding hydrogens is 336 g/mol. The number of rotatable bonds is 6. The van der Waals surface area contributed by atoms with Crippen molar-refractivity contribution in [3.63, 3.8) is 0 Å². The van der Waals surface area contributed by atoms with Gasteiger partial charge in [0.1, 0.15) is 40.6 Å². The summed E-state index contributed by atoms with van der Waals surface area (Å²) in [7, 11) is 3.03. The highest BCUT2D eigenvalue weighted by Crippen LogP contribution is 2.32. The van der Waals surface area contributed by atoms with Crippen LogP contribution in [-0.4, -0.2) is 32.0 Å². The summed E-state index contributed by atoms with van der Waals surface area (Å²) >= 11 is 0. The van der Waals surface area contributed by atoms with Crippen LogP contribution in [0.4, 0.5) is 0 Å². The Bertz CT molecular complexity index is 956. The highest BCUT2D eigenvalue weighted by molar-refractivity contribution is 5.86. The second-order valence-corrected chi connectivity index (χ2v) is 5.86. The Kier molecular flexibility index (Phi) is 5.14. The molecule has 0 radical (unpaired) electrons. The maximum absolute atomic E-state index is 12.6. The van der Waals surface area contributed by atoms with Crippen LogP contribution in [0.25, 0.3) is 22.3 Å². The topological polar surface area (TPSA) is 78.1 Å². The zero-order valence-electron chi connectivity index (χ0n) is 14.8. The van der Waals surface area contributed by atoms with Crippen molar-refractivity contribution in [2.75, 3.05) is 20.8 Å². The molecule has 0 saturated carbocycles. The summed E-state index contributed by atoms with van der Waals surface area (Å²) in [6, 6.07) is 11.8. The summed E-state index contributed by atoms with van der Waals surface area (Å²) in [5, 5.41) is 9.64. The predicted octanol–water partition coefficient (Wildman–Crippen LogP) is 3.24. The third-order valence-corrected chi connectivity index (χ3v) is 3.85. The molecule has 0 aliphatic rings. The summed E-state index contributed by atoms with van der Waals surface area (Å²) in [6.07, 6.45) is -0.543. The van der Waals surface area contributed by atoms with E-state index < -0.39 is 6.10 Å². The van der Waals surface area contributed by atoms with E-state index in [1.54, 1.807) is 43.3 Å². The fourth-order valence-electron chi connectivity index (χ4n) is 2.58. The number of hydrogen-bond acceptors (Lipinski definition) is 6. The molecule has 1 N–H and O–H groups in total. The van der Waals surface area contributed by atoms with E-state index in [4.69, 9.17) is 18.6 Å². The van der Waals surface area contributed by atoms with Crippen molar-refractivity contribution in [2.45, 2.75) is 13.0 Å². The average molecular weight is 356 g/mol. The van der Waals surface area contributed by atoms with E-state index in [2.05, 4.69) is 0 Å². The Balaban J connectivity index is 2.02. The molecule has 0 aliphatic carbocycles. The van der Waals surface area contributed by atoms with E-state index in [9.17, 15) is 9.90 Å². The van der Waals surface area contributed by atoms with Gasteiger partial charge in [-0.1, -0.05) is 0 Å². The van der Waals surface area contributed by atoms with Crippen molar-refractivity contribution in [3.8, 4) is 28.6 Å². The van der Waals surface area contributed by atoms with Crippen LogP contribution in [0.5, 0.6) is 17.2 Å². The van der Waals surface area contributed by atoms with E-state index in [-0.39, 0.29) is 12.0 Å². The van der Waals surface area contributed by atoms with Gasteiger partial charge in [-0.25, -0.2) is 0 Å². The van der Waals surface area contributed by atoms with Gasteiger partial charge in [0, 0.05) is 23.8 Å². The molecule has 26 heavy (non-hydrogen) atoms. The van der Waals surface area contributed by atoms with Crippen molar-refractivity contribution < 1.29 is 23.7 Å². The molecule has 1 heterocycles. The van der Waals surface area contributed by atoms with Gasteiger partial charge in [0.2, 0.25) is 0 Å². The first-order chi connectivity index (χ1) is 12.5. The van der Waals surface area contributed by atoms with Gasteiger partial charge >= 0.3 is 0 Å². The van der Waals surface area contributed by atoms with Crippen molar-refractivity contribution in [1.29, 1.82) is 0 Å². The van der Waals surface area contributed by atoms with Crippen molar-refractivity contribution in [3.05, 3.63) is 52.7 Å². The summed E-state index contributed by atoms with van der Waals surface area (Å²) in [5.74, 6) is 2.00. The van der Waals surface area contributed by atoms with Gasteiger partial charge in [0.05, 0.1) is 20.3 Å². The molecule has 0 bridgehead atoms. The molecule has 6 nitrogen and oxygen atoms in total. The van der Waals surface area contributed by atoms with Gasteiger partial charge < -0.3 is 23.7 Å². The Morgan fingerprint density at radius 3 is 2.38 bits per heavy atom. The molecule has 0 fully saturated rings. The molecule has 1 atom stereocenters. The molecule has 3 aromatic rings. The van der Waals surface area contributed by atoms with E-state index >= 15 is 0 Å². The zero-order valence-corrected chi connectivity index (χ0v) is 14.8. The van der Waals surface area contributed by atoms with Gasteiger partial charge in [-0.3, -0.25) is 4.79 Å². The van der Waals surface area contributed by atoms with Crippen LogP contribution in [0.15, 0.2) is 51.7 Å². The molecule has 0 spiro atoms. The second kappa shape index (κ2) is 7.49. The molecule has 136 valence electrons. The van der Waals surface area contributed by atoms with Crippen molar-refractivity contribution >= 4 is 11.0 Å². The highest BCUT2D eigenvalue weighted by atomic mass is 16.5. The molecule has 6 heteroatoms. The lowest BCUT2D eigenvalue weighted by atomic mass is 10.1. The molecule has 3 rings (SSSR count). The van der Waals surface area contributed by atoms with Gasteiger partial charge in [0.15, 0.2) is 5.43 Å². The average Bonchev–Trinajstić information content (AvgIpc) is 2.65. The Hall–Kier alpha value is -2.99. The molecule has 1 unspecified atom stereocenters. The molecule has 0 saturated heterocycles. The summed E-state index contributed by atoms with van der Waals surface area (Å²) < 4.78 is 21.9. The number of aliphatic hydroxyl groups is 1. The van der Waals surface area contributed by atoms with E-state index in [1.807, 2.05) is 0 Å².